The molecule has 102 valence electrons. The average Bonchev–Trinajstić information content (AvgIpc) is 2.39. The third kappa shape index (κ3) is 2.98. The minimum Gasteiger partial charge on any atom is -0.388 e. The number of hydrogen-bond acceptors (Lipinski definition) is 5. The molecule has 6 nitrogen and oxygen atoms in total. The summed E-state index contributed by atoms with van der Waals surface area (Å²) in [6.07, 6.45) is 4.92. The van der Waals surface area contributed by atoms with Crippen molar-refractivity contribution in [1.82, 2.24) is 9.97 Å². The molecule has 1 saturated heterocycles. The fraction of sp³-hybridized carbons (Fsp3) is 0.500. The molecule has 1 aliphatic heterocycles. The second-order valence-corrected chi connectivity index (χ2v) is 5.24. The molecule has 2 heterocycles. The summed E-state index contributed by atoms with van der Waals surface area (Å²) in [4.78, 5) is 22.1. The van der Waals surface area contributed by atoms with Gasteiger partial charge >= 0.3 is 0 Å². The van der Waals surface area contributed by atoms with E-state index in [0.717, 1.165) is 18.7 Å². The van der Waals surface area contributed by atoms with Crippen LogP contribution in [0.25, 0.3) is 0 Å². The van der Waals surface area contributed by atoms with Gasteiger partial charge in [0.2, 0.25) is 5.91 Å². The zero-order valence-electron chi connectivity index (χ0n) is 10.7. The van der Waals surface area contributed by atoms with Gasteiger partial charge in [-0.15, -0.1) is 0 Å². The van der Waals surface area contributed by atoms with Crippen LogP contribution in [-0.4, -0.2) is 33.5 Å². The number of piperidine rings is 1. The Kier molecular flexibility index (Phi) is 3.94. The van der Waals surface area contributed by atoms with E-state index in [1.807, 2.05) is 0 Å². The van der Waals surface area contributed by atoms with Gasteiger partial charge in [0.15, 0.2) is 0 Å². The summed E-state index contributed by atoms with van der Waals surface area (Å²) >= 11 is 4.84. The molecule has 0 spiro atoms. The van der Waals surface area contributed by atoms with Gasteiger partial charge in [0.05, 0.1) is 18.3 Å². The van der Waals surface area contributed by atoms with Crippen LogP contribution in [0.15, 0.2) is 12.4 Å². The summed E-state index contributed by atoms with van der Waals surface area (Å²) in [5, 5.41) is 0. The van der Waals surface area contributed by atoms with Crippen molar-refractivity contribution in [3.63, 3.8) is 0 Å². The Morgan fingerprint density at radius 2 is 2.11 bits per heavy atom. The minimum atomic E-state index is -0.260. The maximum atomic E-state index is 11.3. The van der Waals surface area contributed by atoms with Gasteiger partial charge in [-0.3, -0.25) is 4.79 Å². The van der Waals surface area contributed by atoms with Crippen molar-refractivity contribution >= 4 is 28.9 Å². The monoisotopic (exact) mass is 279 g/mol. The largest absolute Gasteiger partial charge is 0.388 e. The van der Waals surface area contributed by atoms with E-state index in [9.17, 15) is 4.79 Å². The molecule has 2 unspecified atom stereocenters. The molecule has 1 amide bonds. The van der Waals surface area contributed by atoms with Crippen LogP contribution in [-0.2, 0) is 4.79 Å². The van der Waals surface area contributed by atoms with Gasteiger partial charge in [0, 0.05) is 12.6 Å². The van der Waals surface area contributed by atoms with Crippen molar-refractivity contribution in [2.24, 2.45) is 17.4 Å². The summed E-state index contributed by atoms with van der Waals surface area (Å²) in [6.45, 7) is 2.68. The molecule has 7 heteroatoms. The van der Waals surface area contributed by atoms with E-state index >= 15 is 0 Å². The van der Waals surface area contributed by atoms with Crippen LogP contribution >= 0.6 is 12.2 Å². The van der Waals surface area contributed by atoms with Crippen LogP contribution in [0.4, 0.5) is 5.82 Å². The maximum Gasteiger partial charge on any atom is 0.222 e. The van der Waals surface area contributed by atoms with E-state index in [1.54, 1.807) is 12.4 Å². The number of rotatable bonds is 3. The van der Waals surface area contributed by atoms with Crippen molar-refractivity contribution in [3.05, 3.63) is 18.1 Å². The zero-order valence-corrected chi connectivity index (χ0v) is 11.6. The fourth-order valence-corrected chi connectivity index (χ4v) is 2.36. The molecular formula is C12H17N5OS. The highest BCUT2D eigenvalue weighted by Crippen LogP contribution is 2.25. The van der Waals surface area contributed by atoms with E-state index in [1.165, 1.54) is 0 Å². The molecule has 1 aromatic rings. The van der Waals surface area contributed by atoms with Crippen LogP contribution in [0, 0.1) is 5.92 Å². The normalized spacial score (nSPS) is 23.1. The molecule has 0 saturated carbocycles. The average molecular weight is 279 g/mol. The third-order valence-electron chi connectivity index (χ3n) is 3.47. The predicted octanol–water partition coefficient (Wildman–Crippen LogP) is 0.201. The van der Waals surface area contributed by atoms with Gasteiger partial charge in [-0.1, -0.05) is 12.2 Å². The van der Waals surface area contributed by atoms with Gasteiger partial charge in [0.25, 0.3) is 0 Å². The zero-order chi connectivity index (χ0) is 14.0. The lowest BCUT2D eigenvalue weighted by molar-refractivity contribution is -0.122. The Morgan fingerprint density at radius 3 is 2.63 bits per heavy atom. The summed E-state index contributed by atoms with van der Waals surface area (Å²) in [6, 6.07) is 0.306. The third-order valence-corrected chi connectivity index (χ3v) is 3.68. The summed E-state index contributed by atoms with van der Waals surface area (Å²) in [5.74, 6) is 0.330. The summed E-state index contributed by atoms with van der Waals surface area (Å²) < 4.78 is 0. The molecular weight excluding hydrogens is 262 g/mol. The molecule has 2 atom stereocenters. The highest BCUT2D eigenvalue weighted by atomic mass is 32.1. The SMILES string of the molecule is CC1CCC(C(N)=O)CN1c1cnc(C(N)=S)cn1. The number of carbonyl (C=O) groups excluding carboxylic acids is 1. The first-order valence-electron chi connectivity index (χ1n) is 6.17. The quantitative estimate of drug-likeness (QED) is 0.767. The lowest BCUT2D eigenvalue weighted by Gasteiger charge is -2.37. The molecule has 1 aliphatic rings. The second kappa shape index (κ2) is 5.48. The molecule has 0 radical (unpaired) electrons. The van der Waals surface area contributed by atoms with Crippen LogP contribution in [0.1, 0.15) is 25.5 Å². The van der Waals surface area contributed by atoms with Gasteiger partial charge in [-0.05, 0) is 19.8 Å². The van der Waals surface area contributed by atoms with Crippen LogP contribution < -0.4 is 16.4 Å². The Hall–Kier alpha value is -1.76. The first-order valence-corrected chi connectivity index (χ1v) is 6.57. The maximum absolute atomic E-state index is 11.3. The summed E-state index contributed by atoms with van der Waals surface area (Å²) in [7, 11) is 0. The van der Waals surface area contributed by atoms with E-state index in [2.05, 4.69) is 21.8 Å². The Balaban J connectivity index is 2.18. The number of primary amides is 1. The predicted molar refractivity (Wildman–Crippen MR) is 76.6 cm³/mol. The number of thiocarbonyl (C=S) groups is 1. The van der Waals surface area contributed by atoms with E-state index in [4.69, 9.17) is 23.7 Å². The van der Waals surface area contributed by atoms with Crippen LogP contribution in [0.5, 0.6) is 0 Å². The lowest BCUT2D eigenvalue weighted by Crippen LogP contribution is -2.46. The molecule has 1 aromatic heterocycles. The number of nitrogens with two attached hydrogens (primary N) is 2. The Labute approximate surface area is 117 Å². The molecule has 0 aromatic carbocycles. The van der Waals surface area contributed by atoms with Crippen molar-refractivity contribution in [2.75, 3.05) is 11.4 Å². The number of amides is 1. The van der Waals surface area contributed by atoms with E-state index in [0.29, 0.717) is 18.3 Å². The number of anilines is 1. The van der Waals surface area contributed by atoms with Crippen LogP contribution in [0.2, 0.25) is 0 Å². The van der Waals surface area contributed by atoms with Crippen LogP contribution in [0.3, 0.4) is 0 Å². The van der Waals surface area contributed by atoms with Gasteiger partial charge in [0.1, 0.15) is 16.5 Å². The van der Waals surface area contributed by atoms with Gasteiger partial charge < -0.3 is 16.4 Å². The molecule has 0 bridgehead atoms. The Bertz CT molecular complexity index is 489. The summed E-state index contributed by atoms with van der Waals surface area (Å²) in [5.41, 5.74) is 11.4. The second-order valence-electron chi connectivity index (χ2n) is 4.80. The number of carbonyl (C=O) groups is 1. The number of aromatic nitrogens is 2. The topological polar surface area (TPSA) is 98.1 Å². The molecule has 19 heavy (non-hydrogen) atoms. The van der Waals surface area contributed by atoms with Crippen molar-refractivity contribution in [1.29, 1.82) is 0 Å². The Morgan fingerprint density at radius 1 is 1.37 bits per heavy atom. The molecule has 1 fully saturated rings. The number of nitrogens with zero attached hydrogens (tertiary/aromatic N) is 3. The molecule has 2 rings (SSSR count). The van der Waals surface area contributed by atoms with E-state index in [-0.39, 0.29) is 16.8 Å². The highest BCUT2D eigenvalue weighted by Gasteiger charge is 2.29. The first kappa shape index (κ1) is 13.7. The van der Waals surface area contributed by atoms with Crippen molar-refractivity contribution < 1.29 is 4.79 Å². The standard InChI is InChI=1S/C12H17N5OS/c1-7-2-3-8(11(13)18)6-17(7)10-5-15-9(4-16-10)12(14)19/h4-5,7-8H,2-3,6H2,1H3,(H2,13,18)(H2,14,19). The van der Waals surface area contributed by atoms with E-state index < -0.39 is 0 Å². The highest BCUT2D eigenvalue weighted by molar-refractivity contribution is 7.80. The van der Waals surface area contributed by atoms with Gasteiger partial charge in [-0.2, -0.15) is 0 Å². The van der Waals surface area contributed by atoms with Crippen molar-refractivity contribution in [3.8, 4) is 0 Å². The number of hydrogen-bond donors (Lipinski definition) is 2. The minimum absolute atomic E-state index is 0.131. The first-order chi connectivity index (χ1) is 8.99. The van der Waals surface area contributed by atoms with Gasteiger partial charge in [-0.25, -0.2) is 9.97 Å². The lowest BCUT2D eigenvalue weighted by atomic mass is 9.93. The fourth-order valence-electron chi connectivity index (χ4n) is 2.26. The smallest absolute Gasteiger partial charge is 0.222 e. The molecule has 0 aliphatic carbocycles. The molecule has 4 N–H and O–H groups in total. The van der Waals surface area contributed by atoms with Crippen molar-refractivity contribution in [2.45, 2.75) is 25.8 Å².